The van der Waals surface area contributed by atoms with Gasteiger partial charge in [-0.05, 0) is 6.42 Å². The average Bonchev–Trinajstić information content (AvgIpc) is 2.37. The first-order valence-electron chi connectivity index (χ1n) is 5.97. The maximum Gasteiger partial charge on any atom is 0.231 e. The van der Waals surface area contributed by atoms with Gasteiger partial charge in [0.1, 0.15) is 0 Å². The number of aromatic nitrogens is 3. The summed E-state index contributed by atoms with van der Waals surface area (Å²) in [6.07, 6.45) is 0.936. The van der Waals surface area contributed by atoms with Gasteiger partial charge in [-0.25, -0.2) is 0 Å². The Bertz CT molecular complexity index is 371. The molecule has 0 spiro atoms. The van der Waals surface area contributed by atoms with Crippen LogP contribution in [-0.4, -0.2) is 55.9 Å². The van der Waals surface area contributed by atoms with Crippen LogP contribution in [0.5, 0.6) is 0 Å². The van der Waals surface area contributed by atoms with E-state index in [0.29, 0.717) is 24.5 Å². The molecular formula is C11H22N6O. The molecule has 0 radical (unpaired) electrons. The third kappa shape index (κ3) is 3.99. The summed E-state index contributed by atoms with van der Waals surface area (Å²) in [4.78, 5) is 14.7. The normalized spacial score (nSPS) is 12.1. The number of nitrogens with one attached hydrogen (secondary N) is 2. The summed E-state index contributed by atoms with van der Waals surface area (Å²) in [6, 6.07) is 0.192. The number of nitrogens with zero attached hydrogens (tertiary/aromatic N) is 4. The minimum absolute atomic E-state index is 0.192. The van der Waals surface area contributed by atoms with Crippen LogP contribution in [0, 0.1) is 0 Å². The van der Waals surface area contributed by atoms with Gasteiger partial charge in [0.2, 0.25) is 17.8 Å². The molecule has 0 saturated heterocycles. The van der Waals surface area contributed by atoms with E-state index in [-0.39, 0.29) is 6.04 Å². The summed E-state index contributed by atoms with van der Waals surface area (Å²) in [5.41, 5.74) is 0. The highest BCUT2D eigenvalue weighted by Crippen LogP contribution is 2.12. The fourth-order valence-corrected chi connectivity index (χ4v) is 1.39. The predicted molar refractivity (Wildman–Crippen MR) is 73.3 cm³/mol. The SMILES string of the molecule is CCC(COC)Nc1nc(NC)nc(N(C)C)n1. The molecule has 1 atom stereocenters. The molecule has 18 heavy (non-hydrogen) atoms. The molecule has 1 aromatic rings. The molecule has 7 heteroatoms. The quantitative estimate of drug-likeness (QED) is 0.746. The third-order valence-electron chi connectivity index (χ3n) is 2.44. The predicted octanol–water partition coefficient (Wildman–Crippen LogP) is 0.816. The number of rotatable bonds is 7. The van der Waals surface area contributed by atoms with Gasteiger partial charge in [0, 0.05) is 28.3 Å². The van der Waals surface area contributed by atoms with E-state index in [1.807, 2.05) is 19.0 Å². The van der Waals surface area contributed by atoms with E-state index in [4.69, 9.17) is 4.74 Å². The molecule has 7 nitrogen and oxygen atoms in total. The molecule has 1 aromatic heterocycles. The Balaban J connectivity index is 2.89. The van der Waals surface area contributed by atoms with Crippen molar-refractivity contribution in [2.45, 2.75) is 19.4 Å². The Morgan fingerprint density at radius 3 is 2.39 bits per heavy atom. The third-order valence-corrected chi connectivity index (χ3v) is 2.44. The number of anilines is 3. The molecule has 1 rings (SSSR count). The fraction of sp³-hybridized carbons (Fsp3) is 0.727. The van der Waals surface area contributed by atoms with Gasteiger partial charge in [-0.3, -0.25) is 0 Å². The van der Waals surface area contributed by atoms with Crippen LogP contribution in [0.2, 0.25) is 0 Å². The van der Waals surface area contributed by atoms with Crippen molar-refractivity contribution >= 4 is 17.8 Å². The molecule has 1 unspecified atom stereocenters. The minimum Gasteiger partial charge on any atom is -0.383 e. The molecular weight excluding hydrogens is 232 g/mol. The summed E-state index contributed by atoms with van der Waals surface area (Å²) < 4.78 is 5.14. The van der Waals surface area contributed by atoms with Crippen LogP contribution in [0.15, 0.2) is 0 Å². The van der Waals surface area contributed by atoms with Crippen LogP contribution in [0.3, 0.4) is 0 Å². The van der Waals surface area contributed by atoms with E-state index in [2.05, 4.69) is 32.5 Å². The zero-order chi connectivity index (χ0) is 13.5. The molecule has 1 heterocycles. The van der Waals surface area contributed by atoms with Crippen LogP contribution in [0.4, 0.5) is 17.8 Å². The molecule has 102 valence electrons. The van der Waals surface area contributed by atoms with Crippen molar-refractivity contribution in [2.75, 3.05) is 50.4 Å². The standard InChI is InChI=1S/C11H22N6O/c1-6-8(7-18-5)13-10-14-9(12-2)15-11(16-10)17(3)4/h8H,6-7H2,1-5H3,(H2,12,13,14,15,16). The van der Waals surface area contributed by atoms with Gasteiger partial charge in [0.15, 0.2) is 0 Å². The van der Waals surface area contributed by atoms with E-state index in [1.54, 1.807) is 14.2 Å². The van der Waals surface area contributed by atoms with E-state index in [9.17, 15) is 0 Å². The second-order valence-corrected chi connectivity index (χ2v) is 4.13. The first kappa shape index (κ1) is 14.4. The lowest BCUT2D eigenvalue weighted by atomic mass is 10.2. The van der Waals surface area contributed by atoms with Crippen molar-refractivity contribution in [3.8, 4) is 0 Å². The van der Waals surface area contributed by atoms with E-state index in [0.717, 1.165) is 6.42 Å². The molecule has 0 aromatic carbocycles. The zero-order valence-corrected chi connectivity index (χ0v) is 11.7. The minimum atomic E-state index is 0.192. The second kappa shape index (κ2) is 6.95. The molecule has 0 amide bonds. The van der Waals surface area contributed by atoms with Crippen molar-refractivity contribution in [1.82, 2.24) is 15.0 Å². The van der Waals surface area contributed by atoms with E-state index >= 15 is 0 Å². The first-order valence-corrected chi connectivity index (χ1v) is 5.97. The van der Waals surface area contributed by atoms with Gasteiger partial charge in [-0.2, -0.15) is 15.0 Å². The Morgan fingerprint density at radius 2 is 1.89 bits per heavy atom. The number of methoxy groups -OCH3 is 1. The van der Waals surface area contributed by atoms with Crippen LogP contribution < -0.4 is 15.5 Å². The molecule has 0 fully saturated rings. The summed E-state index contributed by atoms with van der Waals surface area (Å²) >= 11 is 0. The van der Waals surface area contributed by atoms with Gasteiger partial charge < -0.3 is 20.3 Å². The number of hydrogen-bond donors (Lipinski definition) is 2. The van der Waals surface area contributed by atoms with Gasteiger partial charge in [-0.1, -0.05) is 6.92 Å². The maximum absolute atomic E-state index is 5.14. The largest absolute Gasteiger partial charge is 0.383 e. The van der Waals surface area contributed by atoms with Crippen LogP contribution >= 0.6 is 0 Å². The molecule has 2 N–H and O–H groups in total. The van der Waals surface area contributed by atoms with Crippen LogP contribution in [0.1, 0.15) is 13.3 Å². The summed E-state index contributed by atoms with van der Waals surface area (Å²) in [7, 11) is 7.25. The second-order valence-electron chi connectivity index (χ2n) is 4.13. The Morgan fingerprint density at radius 1 is 1.22 bits per heavy atom. The van der Waals surface area contributed by atoms with Gasteiger partial charge in [-0.15, -0.1) is 0 Å². The Kier molecular flexibility index (Phi) is 5.57. The van der Waals surface area contributed by atoms with Crippen molar-refractivity contribution in [3.63, 3.8) is 0 Å². The fourth-order valence-electron chi connectivity index (χ4n) is 1.39. The molecule has 0 aliphatic heterocycles. The van der Waals surface area contributed by atoms with E-state index in [1.165, 1.54) is 0 Å². The van der Waals surface area contributed by atoms with Crippen molar-refractivity contribution < 1.29 is 4.74 Å². The molecule has 0 aliphatic carbocycles. The highest BCUT2D eigenvalue weighted by Gasteiger charge is 2.11. The maximum atomic E-state index is 5.14. The average molecular weight is 254 g/mol. The lowest BCUT2D eigenvalue weighted by molar-refractivity contribution is 0.184. The van der Waals surface area contributed by atoms with Crippen molar-refractivity contribution in [2.24, 2.45) is 0 Å². The van der Waals surface area contributed by atoms with Gasteiger partial charge in [0.05, 0.1) is 12.6 Å². The first-order chi connectivity index (χ1) is 8.60. The summed E-state index contributed by atoms with van der Waals surface area (Å²) in [5, 5.41) is 6.17. The molecule has 0 saturated carbocycles. The van der Waals surface area contributed by atoms with Crippen LogP contribution in [0.25, 0.3) is 0 Å². The highest BCUT2D eigenvalue weighted by atomic mass is 16.5. The monoisotopic (exact) mass is 254 g/mol. The van der Waals surface area contributed by atoms with E-state index < -0.39 is 0 Å². The summed E-state index contributed by atoms with van der Waals surface area (Å²) in [6.45, 7) is 2.71. The smallest absolute Gasteiger partial charge is 0.231 e. The molecule has 0 bridgehead atoms. The lowest BCUT2D eigenvalue weighted by Gasteiger charge is -2.18. The Labute approximate surface area is 108 Å². The Hall–Kier alpha value is -1.63. The topological polar surface area (TPSA) is 75.2 Å². The number of ether oxygens (including phenoxy) is 1. The zero-order valence-electron chi connectivity index (χ0n) is 11.7. The van der Waals surface area contributed by atoms with Gasteiger partial charge in [0.25, 0.3) is 0 Å². The lowest BCUT2D eigenvalue weighted by Crippen LogP contribution is -2.26. The number of hydrogen-bond acceptors (Lipinski definition) is 7. The van der Waals surface area contributed by atoms with Crippen LogP contribution in [-0.2, 0) is 4.74 Å². The van der Waals surface area contributed by atoms with Crippen molar-refractivity contribution in [3.05, 3.63) is 0 Å². The summed E-state index contributed by atoms with van der Waals surface area (Å²) in [5.74, 6) is 1.72. The highest BCUT2D eigenvalue weighted by molar-refractivity contribution is 5.43. The van der Waals surface area contributed by atoms with Crippen molar-refractivity contribution in [1.29, 1.82) is 0 Å². The van der Waals surface area contributed by atoms with Gasteiger partial charge >= 0.3 is 0 Å². The molecule has 0 aliphatic rings.